The van der Waals surface area contributed by atoms with E-state index in [0.717, 1.165) is 38.5 Å². The van der Waals surface area contributed by atoms with Crippen molar-refractivity contribution >= 4 is 11.9 Å². The van der Waals surface area contributed by atoms with Gasteiger partial charge < -0.3 is 9.47 Å². The molecule has 0 radical (unpaired) electrons. The Bertz CT molecular complexity index is 477. The standard InChI is InChI=1S/C20H30O4/c1-5-11-15(7-3)23-19(21)17-13-9-10-14-18(17)20(22)24-16(8-4)12-6-2/h9-10,13-16H,5-8,11-12H2,1-4H3. The quantitative estimate of drug-likeness (QED) is 0.555. The maximum Gasteiger partial charge on any atom is 0.339 e. The molecule has 0 N–H and O–H groups in total. The van der Waals surface area contributed by atoms with E-state index in [1.54, 1.807) is 24.3 Å². The Morgan fingerprint density at radius 1 is 0.792 bits per heavy atom. The summed E-state index contributed by atoms with van der Waals surface area (Å²) in [6.45, 7) is 8.09. The topological polar surface area (TPSA) is 52.6 Å². The number of carbonyl (C=O) groups excluding carboxylic acids is 2. The second kappa shape index (κ2) is 10.8. The zero-order valence-electron chi connectivity index (χ0n) is 15.3. The molecular weight excluding hydrogens is 304 g/mol. The summed E-state index contributed by atoms with van der Waals surface area (Å²) in [4.78, 5) is 24.9. The smallest absolute Gasteiger partial charge is 0.339 e. The largest absolute Gasteiger partial charge is 0.459 e. The third-order valence-corrected chi connectivity index (χ3v) is 4.05. The number of carbonyl (C=O) groups is 2. The number of esters is 2. The van der Waals surface area contributed by atoms with Gasteiger partial charge in [0.2, 0.25) is 0 Å². The molecule has 2 unspecified atom stereocenters. The van der Waals surface area contributed by atoms with Crippen LogP contribution < -0.4 is 0 Å². The SMILES string of the molecule is CCCC(CC)OC(=O)c1ccccc1C(=O)OC(CC)CCC. The van der Waals surface area contributed by atoms with Gasteiger partial charge in [0.1, 0.15) is 12.2 Å². The molecule has 0 heterocycles. The van der Waals surface area contributed by atoms with Gasteiger partial charge in [-0.15, -0.1) is 0 Å². The highest BCUT2D eigenvalue weighted by atomic mass is 16.5. The monoisotopic (exact) mass is 334 g/mol. The van der Waals surface area contributed by atoms with Gasteiger partial charge in [0, 0.05) is 0 Å². The Morgan fingerprint density at radius 3 is 1.46 bits per heavy atom. The average Bonchev–Trinajstić information content (AvgIpc) is 2.60. The maximum atomic E-state index is 12.5. The molecule has 134 valence electrons. The lowest BCUT2D eigenvalue weighted by Gasteiger charge is -2.18. The van der Waals surface area contributed by atoms with Crippen LogP contribution in [0.15, 0.2) is 24.3 Å². The number of rotatable bonds is 10. The van der Waals surface area contributed by atoms with Crippen LogP contribution >= 0.6 is 0 Å². The molecule has 1 rings (SSSR count). The Hall–Kier alpha value is -1.84. The van der Waals surface area contributed by atoms with E-state index in [1.807, 2.05) is 13.8 Å². The first-order chi connectivity index (χ1) is 11.6. The summed E-state index contributed by atoms with van der Waals surface area (Å²) in [5.74, 6) is -0.905. The molecule has 0 aliphatic heterocycles. The van der Waals surface area contributed by atoms with Crippen molar-refractivity contribution in [2.45, 2.75) is 78.4 Å². The number of hydrogen-bond acceptors (Lipinski definition) is 4. The molecule has 0 amide bonds. The van der Waals surface area contributed by atoms with E-state index in [4.69, 9.17) is 9.47 Å². The molecule has 0 spiro atoms. The molecular formula is C20H30O4. The van der Waals surface area contributed by atoms with Crippen LogP contribution in [0.25, 0.3) is 0 Å². The predicted molar refractivity (Wildman–Crippen MR) is 95.2 cm³/mol. The second-order valence-corrected chi connectivity index (χ2v) is 5.99. The first-order valence-electron chi connectivity index (χ1n) is 9.08. The van der Waals surface area contributed by atoms with E-state index in [0.29, 0.717) is 0 Å². The summed E-state index contributed by atoms with van der Waals surface area (Å²) in [5.41, 5.74) is 0.562. The Balaban J connectivity index is 2.90. The van der Waals surface area contributed by atoms with Crippen molar-refractivity contribution in [2.75, 3.05) is 0 Å². The normalized spacial score (nSPS) is 13.2. The molecule has 0 fully saturated rings. The predicted octanol–water partition coefficient (Wildman–Crippen LogP) is 5.16. The zero-order valence-corrected chi connectivity index (χ0v) is 15.3. The minimum absolute atomic E-state index is 0.116. The molecule has 0 aliphatic carbocycles. The van der Waals surface area contributed by atoms with Crippen LogP contribution in [0.5, 0.6) is 0 Å². The van der Waals surface area contributed by atoms with Gasteiger partial charge in [-0.05, 0) is 37.8 Å². The summed E-state index contributed by atoms with van der Waals surface area (Å²) in [6, 6.07) is 6.71. The first kappa shape index (κ1) is 20.2. The highest BCUT2D eigenvalue weighted by molar-refractivity contribution is 6.03. The van der Waals surface area contributed by atoms with Crippen molar-refractivity contribution < 1.29 is 19.1 Å². The number of hydrogen-bond donors (Lipinski definition) is 0. The highest BCUT2D eigenvalue weighted by Gasteiger charge is 2.22. The zero-order chi connectivity index (χ0) is 17.9. The molecule has 1 aromatic rings. The molecule has 0 aliphatic rings. The summed E-state index contributed by atoms with van der Waals surface area (Å²) in [7, 11) is 0. The fraction of sp³-hybridized carbons (Fsp3) is 0.600. The Kier molecular flexibility index (Phi) is 9.13. The van der Waals surface area contributed by atoms with Crippen molar-refractivity contribution in [1.82, 2.24) is 0 Å². The lowest BCUT2D eigenvalue weighted by molar-refractivity contribution is 0.0223. The Labute approximate surface area is 145 Å². The van der Waals surface area contributed by atoms with Crippen LogP contribution in [0.3, 0.4) is 0 Å². The van der Waals surface area contributed by atoms with Gasteiger partial charge >= 0.3 is 11.9 Å². The van der Waals surface area contributed by atoms with Crippen molar-refractivity contribution in [2.24, 2.45) is 0 Å². The maximum absolute atomic E-state index is 12.5. The molecule has 0 aromatic heterocycles. The molecule has 24 heavy (non-hydrogen) atoms. The van der Waals surface area contributed by atoms with E-state index >= 15 is 0 Å². The molecule has 4 nitrogen and oxygen atoms in total. The number of ether oxygens (including phenoxy) is 2. The summed E-state index contributed by atoms with van der Waals surface area (Å²) >= 11 is 0. The van der Waals surface area contributed by atoms with Crippen LogP contribution in [0, 0.1) is 0 Å². The number of benzene rings is 1. The molecule has 0 saturated carbocycles. The molecule has 4 heteroatoms. The van der Waals surface area contributed by atoms with Crippen molar-refractivity contribution in [1.29, 1.82) is 0 Å². The van der Waals surface area contributed by atoms with Gasteiger partial charge in [0.15, 0.2) is 0 Å². The van der Waals surface area contributed by atoms with E-state index in [-0.39, 0.29) is 23.3 Å². The lowest BCUT2D eigenvalue weighted by atomic mass is 10.1. The minimum atomic E-state index is -0.452. The lowest BCUT2D eigenvalue weighted by Crippen LogP contribution is -2.22. The van der Waals surface area contributed by atoms with Gasteiger partial charge in [-0.25, -0.2) is 9.59 Å². The van der Waals surface area contributed by atoms with Crippen LogP contribution in [0.4, 0.5) is 0 Å². The third kappa shape index (κ3) is 5.99. The van der Waals surface area contributed by atoms with E-state index < -0.39 is 11.9 Å². The minimum Gasteiger partial charge on any atom is -0.459 e. The molecule has 2 atom stereocenters. The fourth-order valence-corrected chi connectivity index (χ4v) is 2.61. The van der Waals surface area contributed by atoms with Crippen LogP contribution in [0.1, 0.15) is 86.9 Å². The fourth-order valence-electron chi connectivity index (χ4n) is 2.61. The van der Waals surface area contributed by atoms with Crippen molar-refractivity contribution in [3.8, 4) is 0 Å². The molecule has 0 bridgehead atoms. The van der Waals surface area contributed by atoms with Gasteiger partial charge in [-0.1, -0.05) is 52.7 Å². The van der Waals surface area contributed by atoms with Crippen molar-refractivity contribution in [3.05, 3.63) is 35.4 Å². The summed E-state index contributed by atoms with van der Waals surface area (Å²) in [6.07, 6.45) is 4.84. The summed E-state index contributed by atoms with van der Waals surface area (Å²) in [5, 5.41) is 0. The third-order valence-electron chi connectivity index (χ3n) is 4.05. The van der Waals surface area contributed by atoms with Gasteiger partial charge in [0.05, 0.1) is 11.1 Å². The Morgan fingerprint density at radius 2 is 1.17 bits per heavy atom. The van der Waals surface area contributed by atoms with Gasteiger partial charge in [-0.2, -0.15) is 0 Å². The van der Waals surface area contributed by atoms with Crippen LogP contribution in [-0.2, 0) is 9.47 Å². The molecule has 1 aromatic carbocycles. The highest BCUT2D eigenvalue weighted by Crippen LogP contribution is 2.17. The van der Waals surface area contributed by atoms with Crippen molar-refractivity contribution in [3.63, 3.8) is 0 Å². The first-order valence-corrected chi connectivity index (χ1v) is 9.08. The average molecular weight is 334 g/mol. The summed E-state index contributed by atoms with van der Waals surface area (Å²) < 4.78 is 11.1. The second-order valence-electron chi connectivity index (χ2n) is 5.99. The van der Waals surface area contributed by atoms with Crippen LogP contribution in [-0.4, -0.2) is 24.1 Å². The van der Waals surface area contributed by atoms with E-state index in [1.165, 1.54) is 0 Å². The molecule has 0 saturated heterocycles. The van der Waals surface area contributed by atoms with Crippen LogP contribution in [0.2, 0.25) is 0 Å². The van der Waals surface area contributed by atoms with E-state index in [2.05, 4.69) is 13.8 Å². The van der Waals surface area contributed by atoms with E-state index in [9.17, 15) is 9.59 Å². The van der Waals surface area contributed by atoms with Gasteiger partial charge in [0.25, 0.3) is 0 Å². The van der Waals surface area contributed by atoms with Gasteiger partial charge in [-0.3, -0.25) is 0 Å².